The summed E-state index contributed by atoms with van der Waals surface area (Å²) in [5, 5.41) is 25.7. The van der Waals surface area contributed by atoms with E-state index in [0.717, 1.165) is 16.8 Å². The molecule has 24 heavy (non-hydrogen) atoms. The summed E-state index contributed by atoms with van der Waals surface area (Å²) in [6.45, 7) is 0. The summed E-state index contributed by atoms with van der Waals surface area (Å²) in [7, 11) is 0. The normalized spacial score (nSPS) is 16.0. The molecule has 1 aliphatic rings. The van der Waals surface area contributed by atoms with Gasteiger partial charge in [0.15, 0.2) is 0 Å². The highest BCUT2D eigenvalue weighted by molar-refractivity contribution is 5.77. The molecule has 0 bridgehead atoms. The van der Waals surface area contributed by atoms with E-state index in [9.17, 15) is 10.1 Å². The number of aromatic nitrogens is 4. The summed E-state index contributed by atoms with van der Waals surface area (Å²) < 4.78 is 1.70. The molecule has 0 fully saturated rings. The van der Waals surface area contributed by atoms with Crippen LogP contribution in [0.25, 0.3) is 5.70 Å². The minimum atomic E-state index is -0.417. The second-order valence-corrected chi connectivity index (χ2v) is 5.31. The van der Waals surface area contributed by atoms with Crippen LogP contribution >= 0.6 is 0 Å². The van der Waals surface area contributed by atoms with Gasteiger partial charge in [0.25, 0.3) is 5.69 Å². The molecular weight excluding hydrogens is 308 g/mol. The van der Waals surface area contributed by atoms with Crippen molar-refractivity contribution in [1.82, 2.24) is 20.2 Å². The van der Waals surface area contributed by atoms with Gasteiger partial charge in [0.05, 0.1) is 4.92 Å². The second-order valence-electron chi connectivity index (χ2n) is 5.31. The van der Waals surface area contributed by atoms with Gasteiger partial charge >= 0.3 is 0 Å². The molecule has 2 heterocycles. The van der Waals surface area contributed by atoms with Crippen molar-refractivity contribution in [2.75, 3.05) is 5.32 Å². The molecule has 1 atom stereocenters. The van der Waals surface area contributed by atoms with Crippen LogP contribution in [-0.4, -0.2) is 25.1 Å². The van der Waals surface area contributed by atoms with E-state index in [1.165, 1.54) is 12.1 Å². The highest BCUT2D eigenvalue weighted by atomic mass is 16.6. The van der Waals surface area contributed by atoms with Gasteiger partial charge < -0.3 is 5.32 Å². The molecule has 8 heteroatoms. The first-order valence-electron chi connectivity index (χ1n) is 7.29. The van der Waals surface area contributed by atoms with E-state index in [4.69, 9.17) is 0 Å². The molecule has 1 aromatic heterocycles. The molecule has 8 nitrogen and oxygen atoms in total. The molecule has 0 saturated carbocycles. The Bertz CT molecular complexity index is 917. The highest BCUT2D eigenvalue weighted by Crippen LogP contribution is 2.31. The Balaban J connectivity index is 1.76. The van der Waals surface area contributed by atoms with Crippen LogP contribution in [0.3, 0.4) is 0 Å². The average molecular weight is 320 g/mol. The molecule has 118 valence electrons. The SMILES string of the molecule is O=[N+]([O-])c1ccc(C2=CC(c3ccccc3)n3nnnc3N2)cc1. The van der Waals surface area contributed by atoms with Crippen molar-refractivity contribution in [3.05, 3.63) is 81.9 Å². The summed E-state index contributed by atoms with van der Waals surface area (Å²) in [4.78, 5) is 10.4. The summed E-state index contributed by atoms with van der Waals surface area (Å²) in [5.41, 5.74) is 2.74. The van der Waals surface area contributed by atoms with Gasteiger partial charge in [-0.15, -0.1) is 0 Å². The zero-order valence-electron chi connectivity index (χ0n) is 12.4. The van der Waals surface area contributed by atoms with E-state index < -0.39 is 4.92 Å². The van der Waals surface area contributed by atoms with Gasteiger partial charge in [-0.25, -0.2) is 0 Å². The van der Waals surface area contributed by atoms with Crippen molar-refractivity contribution < 1.29 is 4.92 Å². The van der Waals surface area contributed by atoms with Gasteiger partial charge in [-0.1, -0.05) is 35.4 Å². The first-order valence-corrected chi connectivity index (χ1v) is 7.29. The number of nitro benzene ring substituents is 1. The van der Waals surface area contributed by atoms with Crippen LogP contribution in [0, 0.1) is 10.1 Å². The number of nitrogens with zero attached hydrogens (tertiary/aromatic N) is 5. The standard InChI is InChI=1S/C16H12N6O2/c23-22(24)13-8-6-11(7-9-13)14-10-15(12-4-2-1-3-5-12)21-16(17-14)18-19-20-21/h1-10,15H,(H,17,18,20). The van der Waals surface area contributed by atoms with E-state index >= 15 is 0 Å². The summed E-state index contributed by atoms with van der Waals surface area (Å²) in [6, 6.07) is 16.1. The minimum absolute atomic E-state index is 0.0552. The molecule has 1 unspecified atom stereocenters. The molecule has 0 spiro atoms. The van der Waals surface area contributed by atoms with Crippen LogP contribution in [0.1, 0.15) is 17.2 Å². The number of hydrogen-bond donors (Lipinski definition) is 1. The molecule has 0 radical (unpaired) electrons. The van der Waals surface area contributed by atoms with Crippen LogP contribution in [0.4, 0.5) is 11.6 Å². The number of anilines is 1. The fraction of sp³-hybridized carbons (Fsp3) is 0.0625. The Morgan fingerprint density at radius 3 is 2.54 bits per heavy atom. The molecule has 4 rings (SSSR count). The van der Waals surface area contributed by atoms with Crippen LogP contribution in [0.2, 0.25) is 0 Å². The predicted molar refractivity (Wildman–Crippen MR) is 87.1 cm³/mol. The Labute approximate surface area is 136 Å². The van der Waals surface area contributed by atoms with E-state index in [-0.39, 0.29) is 11.7 Å². The maximum atomic E-state index is 10.8. The Morgan fingerprint density at radius 2 is 1.83 bits per heavy atom. The lowest BCUT2D eigenvalue weighted by atomic mass is 10.0. The highest BCUT2D eigenvalue weighted by Gasteiger charge is 2.24. The number of nitro groups is 1. The molecule has 1 N–H and O–H groups in total. The second kappa shape index (κ2) is 5.58. The van der Waals surface area contributed by atoms with Crippen molar-refractivity contribution in [1.29, 1.82) is 0 Å². The van der Waals surface area contributed by atoms with Crippen molar-refractivity contribution in [2.45, 2.75) is 6.04 Å². The van der Waals surface area contributed by atoms with Gasteiger partial charge in [0.2, 0.25) is 5.95 Å². The number of nitrogens with one attached hydrogen (secondary N) is 1. The number of non-ortho nitro benzene ring substituents is 1. The van der Waals surface area contributed by atoms with Gasteiger partial charge in [-0.3, -0.25) is 10.1 Å². The maximum absolute atomic E-state index is 10.8. The Hall–Kier alpha value is -3.55. The minimum Gasteiger partial charge on any atom is -0.323 e. The number of allylic oxidation sites excluding steroid dienone is 1. The van der Waals surface area contributed by atoms with Gasteiger partial charge in [-0.2, -0.15) is 4.68 Å². The summed E-state index contributed by atoms with van der Waals surface area (Å²) in [5.74, 6) is 0.528. The largest absolute Gasteiger partial charge is 0.323 e. The third-order valence-electron chi connectivity index (χ3n) is 3.86. The summed E-state index contributed by atoms with van der Waals surface area (Å²) >= 11 is 0. The van der Waals surface area contributed by atoms with Crippen molar-refractivity contribution in [3.8, 4) is 0 Å². The maximum Gasteiger partial charge on any atom is 0.269 e. The number of fused-ring (bicyclic) bond motifs is 1. The van der Waals surface area contributed by atoms with Crippen LogP contribution in [0.5, 0.6) is 0 Å². The zero-order valence-corrected chi connectivity index (χ0v) is 12.4. The average Bonchev–Trinajstić information content (AvgIpc) is 3.10. The van der Waals surface area contributed by atoms with Gasteiger partial charge in [0.1, 0.15) is 6.04 Å². The topological polar surface area (TPSA) is 98.8 Å². The van der Waals surface area contributed by atoms with Crippen molar-refractivity contribution >= 4 is 17.3 Å². The number of tetrazole rings is 1. The lowest BCUT2D eigenvalue weighted by Crippen LogP contribution is -2.20. The number of rotatable bonds is 3. The first-order chi connectivity index (χ1) is 11.7. The lowest BCUT2D eigenvalue weighted by molar-refractivity contribution is -0.384. The van der Waals surface area contributed by atoms with Crippen LogP contribution < -0.4 is 5.32 Å². The Kier molecular flexibility index (Phi) is 3.27. The van der Waals surface area contributed by atoms with Gasteiger partial charge in [-0.05, 0) is 39.8 Å². The van der Waals surface area contributed by atoms with E-state index in [0.29, 0.717) is 5.95 Å². The first kappa shape index (κ1) is 14.1. The van der Waals surface area contributed by atoms with Gasteiger partial charge in [0, 0.05) is 17.8 Å². The molecule has 3 aromatic rings. The quantitative estimate of drug-likeness (QED) is 0.588. The van der Waals surface area contributed by atoms with E-state index in [1.807, 2.05) is 36.4 Å². The number of benzene rings is 2. The fourth-order valence-electron chi connectivity index (χ4n) is 2.67. The smallest absolute Gasteiger partial charge is 0.269 e. The molecule has 2 aromatic carbocycles. The zero-order chi connectivity index (χ0) is 16.5. The van der Waals surface area contributed by atoms with Crippen molar-refractivity contribution in [3.63, 3.8) is 0 Å². The number of hydrogen-bond acceptors (Lipinski definition) is 6. The van der Waals surface area contributed by atoms with E-state index in [1.54, 1.807) is 16.8 Å². The monoisotopic (exact) mass is 320 g/mol. The molecule has 0 amide bonds. The Morgan fingerprint density at radius 1 is 1.08 bits per heavy atom. The predicted octanol–water partition coefficient (Wildman–Crippen LogP) is 2.64. The third kappa shape index (κ3) is 2.39. The molecular formula is C16H12N6O2. The lowest BCUT2D eigenvalue weighted by Gasteiger charge is -2.23. The van der Waals surface area contributed by atoms with Crippen LogP contribution in [-0.2, 0) is 0 Å². The summed E-state index contributed by atoms with van der Waals surface area (Å²) in [6.07, 6.45) is 2.00. The molecule has 0 saturated heterocycles. The molecule has 0 aliphatic carbocycles. The van der Waals surface area contributed by atoms with Crippen molar-refractivity contribution in [2.24, 2.45) is 0 Å². The molecule has 1 aliphatic heterocycles. The fourth-order valence-corrected chi connectivity index (χ4v) is 2.67. The van der Waals surface area contributed by atoms with Crippen LogP contribution in [0.15, 0.2) is 60.7 Å². The van der Waals surface area contributed by atoms with E-state index in [2.05, 4.69) is 20.8 Å². The third-order valence-corrected chi connectivity index (χ3v) is 3.86.